The minimum Gasteiger partial charge on any atom is -0.309 e. The monoisotopic (exact) mass is 656 g/mol. The number of allylic oxidation sites excluding steroid dienone is 1. The Morgan fingerprint density at radius 1 is 0.529 bits per heavy atom. The molecule has 0 amide bonds. The van der Waals surface area contributed by atoms with Crippen LogP contribution in [0.2, 0.25) is 0 Å². The topological polar surface area (TPSA) is 43.6 Å². The summed E-state index contributed by atoms with van der Waals surface area (Å²) in [5.74, 6) is 1.96. The van der Waals surface area contributed by atoms with Crippen molar-refractivity contribution in [3.63, 3.8) is 0 Å². The third-order valence-electron chi connectivity index (χ3n) is 11.0. The summed E-state index contributed by atoms with van der Waals surface area (Å²) in [5, 5.41) is 2.62. The lowest BCUT2D eigenvalue weighted by Crippen LogP contribution is -2.16. The highest BCUT2D eigenvalue weighted by Gasteiger charge is 2.39. The van der Waals surface area contributed by atoms with Crippen LogP contribution in [0.15, 0.2) is 140 Å². The summed E-state index contributed by atoms with van der Waals surface area (Å²) in [4.78, 5) is 15.1. The third kappa shape index (κ3) is 4.36. The second kappa shape index (κ2) is 10.7. The van der Waals surface area contributed by atoms with Gasteiger partial charge in [0.05, 0.1) is 11.0 Å². The van der Waals surface area contributed by atoms with Crippen molar-refractivity contribution in [3.05, 3.63) is 162 Å². The normalized spacial score (nSPS) is 14.9. The van der Waals surface area contributed by atoms with E-state index in [1.807, 2.05) is 36.4 Å². The number of benzene rings is 6. The van der Waals surface area contributed by atoms with Gasteiger partial charge in [0, 0.05) is 44.0 Å². The molecule has 0 unspecified atom stereocenters. The molecule has 2 aromatic heterocycles. The van der Waals surface area contributed by atoms with Crippen molar-refractivity contribution in [2.24, 2.45) is 0 Å². The zero-order valence-electron chi connectivity index (χ0n) is 29.1. The van der Waals surface area contributed by atoms with Gasteiger partial charge < -0.3 is 4.57 Å². The molecule has 8 aromatic rings. The smallest absolute Gasteiger partial charge is 0.164 e. The molecule has 4 heteroatoms. The SMILES string of the molecule is CC1(C)C=Cc2ccc3c(c21)c1ccc2c(c1n3-c1cccc(-c3nc(-c4ccccc4)nc(-c4ccccc4)n3)c1)C(C)(C)c1ccccc1-2. The van der Waals surface area contributed by atoms with Gasteiger partial charge in [-0.2, -0.15) is 0 Å². The lowest BCUT2D eigenvalue weighted by molar-refractivity contribution is 0.664. The maximum Gasteiger partial charge on any atom is 0.164 e. The molecular formula is C47H36N4. The maximum absolute atomic E-state index is 5.08. The minimum absolute atomic E-state index is 0.0835. The third-order valence-corrected chi connectivity index (χ3v) is 11.0. The molecule has 2 heterocycles. The first-order chi connectivity index (χ1) is 24.8. The predicted octanol–water partition coefficient (Wildman–Crippen LogP) is 11.6. The van der Waals surface area contributed by atoms with Gasteiger partial charge in [0.1, 0.15) is 0 Å². The highest BCUT2D eigenvalue weighted by molar-refractivity contribution is 6.16. The number of rotatable bonds is 4. The van der Waals surface area contributed by atoms with Crippen molar-refractivity contribution in [1.82, 2.24) is 19.5 Å². The quantitative estimate of drug-likeness (QED) is 0.189. The average molecular weight is 657 g/mol. The molecule has 0 N–H and O–H groups in total. The van der Waals surface area contributed by atoms with Crippen LogP contribution in [0.4, 0.5) is 0 Å². The lowest BCUT2D eigenvalue weighted by atomic mass is 9.80. The second-order valence-corrected chi connectivity index (χ2v) is 15.0. The molecule has 2 aliphatic rings. The van der Waals surface area contributed by atoms with Crippen LogP contribution in [0, 0.1) is 0 Å². The molecule has 0 saturated heterocycles. The van der Waals surface area contributed by atoms with E-state index < -0.39 is 0 Å². The van der Waals surface area contributed by atoms with Gasteiger partial charge in [-0.25, -0.2) is 15.0 Å². The fraction of sp³-hybridized carbons (Fsp3) is 0.128. The van der Waals surface area contributed by atoms with E-state index in [9.17, 15) is 0 Å². The molecule has 0 bridgehead atoms. The van der Waals surface area contributed by atoms with E-state index in [0.717, 1.165) is 22.4 Å². The molecule has 2 aliphatic carbocycles. The minimum atomic E-state index is -0.185. The largest absolute Gasteiger partial charge is 0.309 e. The Morgan fingerprint density at radius 2 is 1.16 bits per heavy atom. The second-order valence-electron chi connectivity index (χ2n) is 15.0. The van der Waals surface area contributed by atoms with E-state index in [1.54, 1.807) is 0 Å². The molecule has 0 aliphatic heterocycles. The van der Waals surface area contributed by atoms with Gasteiger partial charge in [-0.1, -0.05) is 155 Å². The molecule has 244 valence electrons. The molecule has 0 fully saturated rings. The molecule has 0 atom stereocenters. The Labute approximate surface area is 297 Å². The Morgan fingerprint density at radius 3 is 1.86 bits per heavy atom. The summed E-state index contributed by atoms with van der Waals surface area (Å²) >= 11 is 0. The summed E-state index contributed by atoms with van der Waals surface area (Å²) in [6, 6.07) is 47.3. The summed E-state index contributed by atoms with van der Waals surface area (Å²) in [7, 11) is 0. The first-order valence-electron chi connectivity index (χ1n) is 17.7. The molecular weight excluding hydrogens is 621 g/mol. The van der Waals surface area contributed by atoms with Crippen molar-refractivity contribution >= 4 is 27.9 Å². The fourth-order valence-electron chi connectivity index (χ4n) is 8.67. The Balaban J connectivity index is 1.26. The number of aromatic nitrogens is 4. The van der Waals surface area contributed by atoms with Gasteiger partial charge >= 0.3 is 0 Å². The van der Waals surface area contributed by atoms with Crippen LogP contribution in [-0.2, 0) is 10.8 Å². The van der Waals surface area contributed by atoms with Crippen molar-refractivity contribution in [1.29, 1.82) is 0 Å². The lowest BCUT2D eigenvalue weighted by Gasteiger charge is -2.23. The zero-order valence-corrected chi connectivity index (χ0v) is 29.1. The summed E-state index contributed by atoms with van der Waals surface area (Å²) < 4.78 is 2.51. The maximum atomic E-state index is 5.08. The highest BCUT2D eigenvalue weighted by Crippen LogP contribution is 2.54. The van der Waals surface area contributed by atoms with Gasteiger partial charge in [-0.05, 0) is 51.6 Å². The standard InChI is InChI=1S/C47H36N4/c1-46(2)27-26-29-22-25-38-39(40(29)46)36-24-23-35-34-20-11-12-21-37(34)47(3,4)41(35)42(36)51(38)33-19-13-18-32(28-33)45-49-43(30-14-7-5-8-15-30)48-44(50-45)31-16-9-6-10-17-31/h5-28H,1-4H3. The average Bonchev–Trinajstić information content (AvgIpc) is 3.75. The highest BCUT2D eigenvalue weighted by atomic mass is 15.0. The van der Waals surface area contributed by atoms with Crippen molar-refractivity contribution in [3.8, 4) is 51.0 Å². The Kier molecular flexibility index (Phi) is 6.23. The first kappa shape index (κ1) is 29.8. The van der Waals surface area contributed by atoms with Crippen LogP contribution >= 0.6 is 0 Å². The van der Waals surface area contributed by atoms with Gasteiger partial charge in [-0.3, -0.25) is 0 Å². The van der Waals surface area contributed by atoms with E-state index in [0.29, 0.717) is 17.5 Å². The fourth-order valence-corrected chi connectivity index (χ4v) is 8.67. The van der Waals surface area contributed by atoms with Crippen LogP contribution in [0.25, 0.3) is 78.9 Å². The van der Waals surface area contributed by atoms with Crippen molar-refractivity contribution < 1.29 is 0 Å². The van der Waals surface area contributed by atoms with E-state index in [4.69, 9.17) is 15.0 Å². The number of fused-ring (bicyclic) bond motifs is 9. The molecule has 10 rings (SSSR count). The van der Waals surface area contributed by atoms with E-state index in [-0.39, 0.29) is 10.8 Å². The van der Waals surface area contributed by atoms with Gasteiger partial charge in [0.15, 0.2) is 17.5 Å². The number of nitrogens with zero attached hydrogens (tertiary/aromatic N) is 4. The van der Waals surface area contributed by atoms with Crippen LogP contribution in [0.1, 0.15) is 49.9 Å². The number of hydrogen-bond donors (Lipinski definition) is 0. The van der Waals surface area contributed by atoms with Crippen molar-refractivity contribution in [2.75, 3.05) is 0 Å². The zero-order chi connectivity index (χ0) is 34.5. The predicted molar refractivity (Wildman–Crippen MR) is 210 cm³/mol. The van der Waals surface area contributed by atoms with Crippen LogP contribution in [-0.4, -0.2) is 19.5 Å². The van der Waals surface area contributed by atoms with E-state index in [1.165, 1.54) is 55.2 Å². The summed E-state index contributed by atoms with van der Waals surface area (Å²) in [6.07, 6.45) is 4.64. The van der Waals surface area contributed by atoms with Gasteiger partial charge in [0.25, 0.3) is 0 Å². The summed E-state index contributed by atoms with van der Waals surface area (Å²) in [6.45, 7) is 9.43. The Hall–Kier alpha value is -6.13. The van der Waals surface area contributed by atoms with Crippen molar-refractivity contribution in [2.45, 2.75) is 38.5 Å². The van der Waals surface area contributed by atoms with E-state index in [2.05, 4.69) is 141 Å². The Bertz CT molecular complexity index is 2670. The summed E-state index contributed by atoms with van der Waals surface area (Å²) in [5.41, 5.74) is 14.2. The molecule has 6 aromatic carbocycles. The van der Waals surface area contributed by atoms with Gasteiger partial charge in [0.2, 0.25) is 0 Å². The molecule has 0 saturated carbocycles. The molecule has 0 spiro atoms. The van der Waals surface area contributed by atoms with E-state index >= 15 is 0 Å². The van der Waals surface area contributed by atoms with Crippen LogP contribution in [0.5, 0.6) is 0 Å². The molecule has 4 nitrogen and oxygen atoms in total. The molecule has 0 radical (unpaired) electrons. The van der Waals surface area contributed by atoms with Crippen LogP contribution in [0.3, 0.4) is 0 Å². The molecule has 51 heavy (non-hydrogen) atoms. The number of hydrogen-bond acceptors (Lipinski definition) is 3. The van der Waals surface area contributed by atoms with Crippen LogP contribution < -0.4 is 0 Å². The first-order valence-corrected chi connectivity index (χ1v) is 17.7. The van der Waals surface area contributed by atoms with Gasteiger partial charge in [-0.15, -0.1) is 0 Å².